The van der Waals surface area contributed by atoms with E-state index in [-0.39, 0.29) is 24.1 Å². The van der Waals surface area contributed by atoms with Crippen LogP contribution in [0.25, 0.3) is 0 Å². The number of ether oxygens (including phenoxy) is 2. The minimum atomic E-state index is -0.598. The number of hydrogen-bond donors (Lipinski definition) is 0. The van der Waals surface area contributed by atoms with Gasteiger partial charge >= 0.3 is 5.97 Å². The van der Waals surface area contributed by atoms with Crippen molar-refractivity contribution in [2.24, 2.45) is 5.92 Å². The van der Waals surface area contributed by atoms with Crippen molar-refractivity contribution in [3.8, 4) is 0 Å². The van der Waals surface area contributed by atoms with E-state index in [9.17, 15) is 14.0 Å². The van der Waals surface area contributed by atoms with E-state index < -0.39 is 11.8 Å². The fraction of sp³-hybridized carbons (Fsp3) is 0.474. The minimum absolute atomic E-state index is 0.0723. The highest BCUT2D eigenvalue weighted by Gasteiger charge is 2.25. The molecule has 2 atom stereocenters. The van der Waals surface area contributed by atoms with Crippen molar-refractivity contribution in [3.05, 3.63) is 47.8 Å². The molecule has 1 aromatic carbocycles. The molecule has 1 saturated heterocycles. The quantitative estimate of drug-likeness (QED) is 0.561. The summed E-state index contributed by atoms with van der Waals surface area (Å²) in [4.78, 5) is 25.3. The predicted octanol–water partition coefficient (Wildman–Crippen LogP) is 2.94. The third-order valence-electron chi connectivity index (χ3n) is 4.50. The van der Waals surface area contributed by atoms with Crippen molar-refractivity contribution in [2.75, 3.05) is 20.3 Å². The summed E-state index contributed by atoms with van der Waals surface area (Å²) < 4.78 is 24.3. The number of benzene rings is 1. The highest BCUT2D eigenvalue weighted by Crippen LogP contribution is 2.23. The van der Waals surface area contributed by atoms with Crippen LogP contribution in [0.4, 0.5) is 4.39 Å². The average Bonchev–Trinajstić information content (AvgIpc) is 3.12. The summed E-state index contributed by atoms with van der Waals surface area (Å²) in [5.74, 6) is -0.982. The monoisotopic (exact) mass is 349 g/mol. The molecule has 1 aromatic rings. The van der Waals surface area contributed by atoms with E-state index in [0.29, 0.717) is 18.1 Å². The Bertz CT molecular complexity index is 640. The molecule has 0 aliphatic carbocycles. The maximum Gasteiger partial charge on any atom is 0.337 e. The number of rotatable bonds is 7. The third kappa shape index (κ3) is 4.89. The Morgan fingerprint density at radius 3 is 2.84 bits per heavy atom. The van der Waals surface area contributed by atoms with Crippen LogP contribution in [0.1, 0.15) is 35.7 Å². The second kappa shape index (κ2) is 8.76. The molecule has 2 unspecified atom stereocenters. The van der Waals surface area contributed by atoms with E-state index in [2.05, 4.69) is 11.3 Å². The molecule has 1 aliphatic heterocycles. The number of amides is 1. The maximum atomic E-state index is 14.4. The van der Waals surface area contributed by atoms with Crippen molar-refractivity contribution in [1.82, 2.24) is 4.90 Å². The molecule has 1 heterocycles. The number of halogens is 1. The van der Waals surface area contributed by atoms with Crippen LogP contribution in [0.2, 0.25) is 0 Å². The van der Waals surface area contributed by atoms with Gasteiger partial charge in [0.25, 0.3) is 0 Å². The first kappa shape index (κ1) is 19.1. The van der Waals surface area contributed by atoms with Gasteiger partial charge in [-0.2, -0.15) is 0 Å². The highest BCUT2D eigenvalue weighted by atomic mass is 19.1. The van der Waals surface area contributed by atoms with Gasteiger partial charge in [0, 0.05) is 31.4 Å². The van der Waals surface area contributed by atoms with Gasteiger partial charge in [0.15, 0.2) is 0 Å². The lowest BCUT2D eigenvalue weighted by atomic mass is 9.98. The predicted molar refractivity (Wildman–Crippen MR) is 91.5 cm³/mol. The van der Waals surface area contributed by atoms with Crippen LogP contribution in [0.15, 0.2) is 30.9 Å². The summed E-state index contributed by atoms with van der Waals surface area (Å²) in [6.45, 7) is 7.04. The Morgan fingerprint density at radius 2 is 2.28 bits per heavy atom. The minimum Gasteiger partial charge on any atom is -0.465 e. The molecular formula is C19H24FNO4. The van der Waals surface area contributed by atoms with Crippen molar-refractivity contribution in [2.45, 2.75) is 32.4 Å². The molecule has 6 heteroatoms. The molecule has 0 bridgehead atoms. The van der Waals surface area contributed by atoms with Gasteiger partial charge in [-0.05, 0) is 43.9 Å². The normalized spacial score (nSPS) is 17.8. The van der Waals surface area contributed by atoms with E-state index in [1.54, 1.807) is 4.90 Å². The van der Waals surface area contributed by atoms with E-state index >= 15 is 0 Å². The van der Waals surface area contributed by atoms with Crippen LogP contribution in [0.3, 0.4) is 0 Å². The molecule has 1 amide bonds. The van der Waals surface area contributed by atoms with E-state index in [1.165, 1.54) is 25.3 Å². The zero-order valence-electron chi connectivity index (χ0n) is 14.7. The van der Waals surface area contributed by atoms with Gasteiger partial charge < -0.3 is 14.4 Å². The fourth-order valence-electron chi connectivity index (χ4n) is 3.05. The van der Waals surface area contributed by atoms with Crippen molar-refractivity contribution < 1.29 is 23.5 Å². The number of carbonyl (C=O) groups is 2. The lowest BCUT2D eigenvalue weighted by Gasteiger charge is -2.30. The number of nitrogens with zero attached hydrogens (tertiary/aromatic N) is 1. The second-order valence-electron chi connectivity index (χ2n) is 6.28. The van der Waals surface area contributed by atoms with Gasteiger partial charge in [-0.25, -0.2) is 9.18 Å². The molecule has 0 saturated carbocycles. The summed E-state index contributed by atoms with van der Waals surface area (Å²) in [7, 11) is 1.24. The van der Waals surface area contributed by atoms with Crippen LogP contribution in [0, 0.1) is 11.7 Å². The van der Waals surface area contributed by atoms with E-state index in [4.69, 9.17) is 4.74 Å². The number of esters is 1. The molecule has 1 fully saturated rings. The Balaban J connectivity index is 2.14. The van der Waals surface area contributed by atoms with Gasteiger partial charge in [0.1, 0.15) is 5.82 Å². The van der Waals surface area contributed by atoms with Gasteiger partial charge in [0.05, 0.1) is 12.7 Å². The fourth-order valence-corrected chi connectivity index (χ4v) is 3.05. The van der Waals surface area contributed by atoms with E-state index in [1.807, 2.05) is 6.92 Å². The maximum absolute atomic E-state index is 14.4. The van der Waals surface area contributed by atoms with Crippen molar-refractivity contribution in [1.29, 1.82) is 0 Å². The Kier molecular flexibility index (Phi) is 6.70. The van der Waals surface area contributed by atoms with Crippen LogP contribution >= 0.6 is 0 Å². The Labute approximate surface area is 147 Å². The van der Waals surface area contributed by atoms with Crippen LogP contribution < -0.4 is 0 Å². The molecule has 25 heavy (non-hydrogen) atoms. The first-order chi connectivity index (χ1) is 12.0. The summed E-state index contributed by atoms with van der Waals surface area (Å²) in [6, 6.07) is 4.07. The average molecular weight is 349 g/mol. The molecule has 136 valence electrons. The molecule has 0 aromatic heterocycles. The molecule has 5 nitrogen and oxygen atoms in total. The number of hydrogen-bond acceptors (Lipinski definition) is 4. The second-order valence-corrected chi connectivity index (χ2v) is 6.28. The topological polar surface area (TPSA) is 55.8 Å². The first-order valence-corrected chi connectivity index (χ1v) is 8.33. The molecule has 0 N–H and O–H groups in total. The van der Waals surface area contributed by atoms with Crippen molar-refractivity contribution >= 4 is 11.9 Å². The van der Waals surface area contributed by atoms with E-state index in [0.717, 1.165) is 25.5 Å². The summed E-state index contributed by atoms with van der Waals surface area (Å²) >= 11 is 0. The van der Waals surface area contributed by atoms with Crippen LogP contribution in [-0.2, 0) is 20.8 Å². The Hall–Kier alpha value is -2.21. The molecule has 1 aliphatic rings. The number of methoxy groups -OCH3 is 1. The smallest absolute Gasteiger partial charge is 0.337 e. The Morgan fingerprint density at radius 1 is 1.52 bits per heavy atom. The summed E-state index contributed by atoms with van der Waals surface area (Å²) in [6.07, 6.45) is 3.01. The zero-order valence-corrected chi connectivity index (χ0v) is 14.7. The lowest BCUT2D eigenvalue weighted by molar-refractivity contribution is -0.129. The molecule has 0 radical (unpaired) electrons. The van der Waals surface area contributed by atoms with Crippen LogP contribution in [0.5, 0.6) is 0 Å². The molecule has 0 spiro atoms. The first-order valence-electron chi connectivity index (χ1n) is 8.33. The van der Waals surface area contributed by atoms with Gasteiger partial charge in [0.2, 0.25) is 5.91 Å². The van der Waals surface area contributed by atoms with Crippen molar-refractivity contribution in [3.63, 3.8) is 0 Å². The van der Waals surface area contributed by atoms with Gasteiger partial charge in [-0.3, -0.25) is 4.79 Å². The largest absolute Gasteiger partial charge is 0.465 e. The standard InChI is InChI=1S/C19H24FNO4/c1-4-18(22)21(13(2)9-14-7-8-25-12-14)11-16-6-5-15(10-17(16)20)19(23)24-3/h4-6,10,13-14H,1,7-9,11-12H2,2-3H3. The number of carbonyl (C=O) groups excluding carboxylic acids is 2. The SMILES string of the molecule is C=CC(=O)N(Cc1ccc(C(=O)OC)cc1F)C(C)CC1CCOC1. The van der Waals surface area contributed by atoms with Gasteiger partial charge in [-0.1, -0.05) is 12.6 Å². The summed E-state index contributed by atoms with van der Waals surface area (Å²) in [5, 5.41) is 0. The summed E-state index contributed by atoms with van der Waals surface area (Å²) in [5.41, 5.74) is 0.485. The highest BCUT2D eigenvalue weighted by molar-refractivity contribution is 5.89. The molecular weight excluding hydrogens is 325 g/mol. The third-order valence-corrected chi connectivity index (χ3v) is 4.50. The van der Waals surface area contributed by atoms with Gasteiger partial charge in [-0.15, -0.1) is 0 Å². The van der Waals surface area contributed by atoms with Crippen LogP contribution in [-0.4, -0.2) is 43.1 Å². The molecule has 2 rings (SSSR count). The zero-order chi connectivity index (χ0) is 18.4. The lowest BCUT2D eigenvalue weighted by Crippen LogP contribution is -2.38.